The molecule has 0 bridgehead atoms. The van der Waals surface area contributed by atoms with Crippen LogP contribution in [0.1, 0.15) is 35.2 Å². The molecule has 1 aromatic heterocycles. The van der Waals surface area contributed by atoms with Gasteiger partial charge in [0, 0.05) is 12.1 Å². The minimum atomic E-state index is -0.287. The van der Waals surface area contributed by atoms with E-state index in [2.05, 4.69) is 10.3 Å². The number of nitrogens with zero attached hydrogens (tertiary/aromatic N) is 1. The summed E-state index contributed by atoms with van der Waals surface area (Å²) < 4.78 is 13.4. The molecule has 0 aliphatic carbocycles. The number of hydrogen-bond donors (Lipinski definition) is 2. The molecule has 4 aromatic rings. The number of aromatic amines is 1. The van der Waals surface area contributed by atoms with Gasteiger partial charge in [0.25, 0.3) is 5.56 Å². The van der Waals surface area contributed by atoms with Crippen LogP contribution in [0, 0.1) is 12.7 Å². The fourth-order valence-electron chi connectivity index (χ4n) is 3.86. The second kappa shape index (κ2) is 9.96. The van der Waals surface area contributed by atoms with Crippen molar-refractivity contribution in [1.82, 2.24) is 15.2 Å². The number of nitrogens with one attached hydrogen (secondary N) is 2. The van der Waals surface area contributed by atoms with Crippen LogP contribution in [0.3, 0.4) is 0 Å². The smallest absolute Gasteiger partial charge is 0.253 e. The Labute approximate surface area is 198 Å². The molecule has 6 heteroatoms. The third kappa shape index (κ3) is 5.46. The molecule has 0 spiro atoms. The molecule has 168 valence electrons. The van der Waals surface area contributed by atoms with Gasteiger partial charge in [0.05, 0.1) is 18.1 Å². The Morgan fingerprint density at radius 1 is 1.03 bits per heavy atom. The number of benzene rings is 3. The van der Waals surface area contributed by atoms with Crippen molar-refractivity contribution in [1.29, 1.82) is 0 Å². The zero-order valence-electron chi connectivity index (χ0n) is 18.6. The maximum Gasteiger partial charge on any atom is 0.253 e. The lowest BCUT2D eigenvalue weighted by Gasteiger charge is -2.28. The SMILES string of the molecule is Cc1cccc2cc(CN(Cc3ccc(F)cc3)C(=S)N[C@@H](C)c3ccccc3)c(=O)[nH]c12. The van der Waals surface area contributed by atoms with E-state index in [4.69, 9.17) is 12.2 Å². The number of hydrogen-bond acceptors (Lipinski definition) is 2. The maximum absolute atomic E-state index is 13.4. The van der Waals surface area contributed by atoms with Crippen LogP contribution in [0.4, 0.5) is 4.39 Å². The number of fused-ring (bicyclic) bond motifs is 1. The highest BCUT2D eigenvalue weighted by Gasteiger charge is 2.17. The van der Waals surface area contributed by atoms with Crippen LogP contribution >= 0.6 is 12.2 Å². The largest absolute Gasteiger partial charge is 0.356 e. The van der Waals surface area contributed by atoms with Gasteiger partial charge in [0.2, 0.25) is 0 Å². The normalized spacial score (nSPS) is 11.8. The zero-order valence-corrected chi connectivity index (χ0v) is 19.5. The molecule has 1 atom stereocenters. The fourth-order valence-corrected chi connectivity index (χ4v) is 4.17. The molecule has 4 rings (SSSR count). The van der Waals surface area contributed by atoms with Gasteiger partial charge >= 0.3 is 0 Å². The van der Waals surface area contributed by atoms with Gasteiger partial charge in [-0.3, -0.25) is 4.79 Å². The first-order valence-electron chi connectivity index (χ1n) is 10.9. The van der Waals surface area contributed by atoms with Gasteiger partial charge in [-0.05, 0) is 66.3 Å². The molecule has 33 heavy (non-hydrogen) atoms. The highest BCUT2D eigenvalue weighted by Crippen LogP contribution is 2.18. The van der Waals surface area contributed by atoms with Crippen LogP contribution in [0.25, 0.3) is 10.9 Å². The lowest BCUT2D eigenvalue weighted by Crippen LogP contribution is -2.41. The molecule has 0 unspecified atom stereocenters. The van der Waals surface area contributed by atoms with E-state index in [9.17, 15) is 9.18 Å². The van der Waals surface area contributed by atoms with E-state index >= 15 is 0 Å². The van der Waals surface area contributed by atoms with Crippen molar-refractivity contribution >= 4 is 28.2 Å². The van der Waals surface area contributed by atoms with Crippen LogP contribution in [-0.2, 0) is 13.1 Å². The summed E-state index contributed by atoms with van der Waals surface area (Å²) in [4.78, 5) is 17.8. The molecule has 0 amide bonds. The molecule has 0 fully saturated rings. The molecule has 0 saturated heterocycles. The van der Waals surface area contributed by atoms with Gasteiger partial charge in [0.1, 0.15) is 5.82 Å². The highest BCUT2D eigenvalue weighted by molar-refractivity contribution is 7.80. The first-order valence-corrected chi connectivity index (χ1v) is 11.3. The number of halogens is 1. The van der Waals surface area contributed by atoms with Gasteiger partial charge in [-0.15, -0.1) is 0 Å². The minimum Gasteiger partial charge on any atom is -0.356 e. The number of para-hydroxylation sites is 1. The Kier molecular flexibility index (Phi) is 6.84. The predicted octanol–water partition coefficient (Wildman–Crippen LogP) is 5.61. The summed E-state index contributed by atoms with van der Waals surface area (Å²) in [5.74, 6) is -0.287. The lowest BCUT2D eigenvalue weighted by molar-refractivity contribution is 0.392. The van der Waals surface area contributed by atoms with E-state index < -0.39 is 0 Å². The van der Waals surface area contributed by atoms with E-state index in [-0.39, 0.29) is 17.4 Å². The number of pyridine rings is 1. The monoisotopic (exact) mass is 459 g/mol. The van der Waals surface area contributed by atoms with Crippen molar-refractivity contribution in [2.75, 3.05) is 0 Å². The Hall–Kier alpha value is -3.51. The first-order chi connectivity index (χ1) is 15.9. The Bertz CT molecular complexity index is 1320. The second-order valence-electron chi connectivity index (χ2n) is 8.23. The van der Waals surface area contributed by atoms with E-state index in [0.717, 1.165) is 27.6 Å². The standard InChI is InChI=1S/C27H26FN3OS/c1-18-7-6-10-22-15-23(26(32)30-25(18)22)17-31(16-20-11-13-24(28)14-12-20)27(33)29-19(2)21-8-4-3-5-9-21/h3-15,19H,16-17H2,1-2H3,(H,29,33)(H,30,32)/t19-/m0/s1. The molecule has 3 aromatic carbocycles. The van der Waals surface area contributed by atoms with Gasteiger partial charge in [-0.25, -0.2) is 4.39 Å². The molecular formula is C27H26FN3OS. The molecule has 1 heterocycles. The quantitative estimate of drug-likeness (QED) is 0.368. The van der Waals surface area contributed by atoms with Crippen molar-refractivity contribution in [3.8, 4) is 0 Å². The van der Waals surface area contributed by atoms with E-state index in [1.165, 1.54) is 12.1 Å². The summed E-state index contributed by atoms with van der Waals surface area (Å²) in [6.07, 6.45) is 0. The van der Waals surface area contributed by atoms with Crippen LogP contribution in [0.15, 0.2) is 83.7 Å². The van der Waals surface area contributed by atoms with Crippen molar-refractivity contribution in [2.24, 2.45) is 0 Å². The maximum atomic E-state index is 13.4. The van der Waals surface area contributed by atoms with Crippen molar-refractivity contribution in [2.45, 2.75) is 33.0 Å². The van der Waals surface area contributed by atoms with Crippen LogP contribution in [-0.4, -0.2) is 15.0 Å². The van der Waals surface area contributed by atoms with Crippen molar-refractivity contribution in [3.63, 3.8) is 0 Å². The van der Waals surface area contributed by atoms with Gasteiger partial charge in [-0.1, -0.05) is 60.7 Å². The number of H-pyrrole nitrogens is 1. The number of aryl methyl sites for hydroxylation is 1. The highest BCUT2D eigenvalue weighted by atomic mass is 32.1. The van der Waals surface area contributed by atoms with Crippen LogP contribution in [0.5, 0.6) is 0 Å². The van der Waals surface area contributed by atoms with E-state index in [0.29, 0.717) is 23.8 Å². The van der Waals surface area contributed by atoms with Crippen LogP contribution < -0.4 is 10.9 Å². The van der Waals surface area contributed by atoms with Crippen molar-refractivity contribution in [3.05, 3.63) is 117 Å². The molecule has 4 nitrogen and oxygen atoms in total. The number of aromatic nitrogens is 1. The summed E-state index contributed by atoms with van der Waals surface area (Å²) in [6.45, 7) is 4.79. The Morgan fingerprint density at radius 3 is 2.48 bits per heavy atom. The zero-order chi connectivity index (χ0) is 23.4. The lowest BCUT2D eigenvalue weighted by atomic mass is 10.1. The number of rotatable bonds is 6. The molecule has 2 N–H and O–H groups in total. The Balaban J connectivity index is 1.63. The molecule has 0 aliphatic heterocycles. The predicted molar refractivity (Wildman–Crippen MR) is 136 cm³/mol. The summed E-state index contributed by atoms with van der Waals surface area (Å²) in [7, 11) is 0. The average molecular weight is 460 g/mol. The van der Waals surface area contributed by atoms with Gasteiger partial charge in [-0.2, -0.15) is 0 Å². The second-order valence-corrected chi connectivity index (χ2v) is 8.61. The average Bonchev–Trinajstić information content (AvgIpc) is 2.81. The topological polar surface area (TPSA) is 48.1 Å². The van der Waals surface area contributed by atoms with Crippen LogP contribution in [0.2, 0.25) is 0 Å². The summed E-state index contributed by atoms with van der Waals surface area (Å²) in [5, 5.41) is 4.89. The van der Waals surface area contributed by atoms with E-state index in [1.54, 1.807) is 12.1 Å². The summed E-state index contributed by atoms with van der Waals surface area (Å²) in [5.41, 5.74) is 4.36. The summed E-state index contributed by atoms with van der Waals surface area (Å²) in [6, 6.07) is 24.2. The minimum absolute atomic E-state index is 0.00745. The van der Waals surface area contributed by atoms with Crippen molar-refractivity contribution < 1.29 is 4.39 Å². The summed E-state index contributed by atoms with van der Waals surface area (Å²) >= 11 is 5.76. The fraction of sp³-hybridized carbons (Fsp3) is 0.185. The molecule has 0 saturated carbocycles. The van der Waals surface area contributed by atoms with Gasteiger partial charge < -0.3 is 15.2 Å². The number of thiocarbonyl (C=S) groups is 1. The third-order valence-electron chi connectivity index (χ3n) is 5.74. The Morgan fingerprint density at radius 2 is 1.76 bits per heavy atom. The first kappa shape index (κ1) is 22.7. The van der Waals surface area contributed by atoms with Gasteiger partial charge in [0.15, 0.2) is 5.11 Å². The molecular weight excluding hydrogens is 433 g/mol. The third-order valence-corrected chi connectivity index (χ3v) is 6.12. The molecule has 0 aliphatic rings. The van der Waals surface area contributed by atoms with E-state index in [1.807, 2.05) is 73.3 Å². The molecule has 0 radical (unpaired) electrons.